The number of nitrogens with zero attached hydrogens (tertiary/aromatic N) is 1. The standard InChI is InChI=1S/C16H19F3N2O4S/c1-26(23,24)21-12-4-5-13(21)9-11(8-12)20-15(22)10-2-6-14(7-3-10)25-16(17,18)19/h2-3,6-7,11-13H,4-5,8-9H2,1H3,(H,20,22). The molecule has 0 aromatic heterocycles. The molecule has 10 heteroatoms. The Labute approximate surface area is 149 Å². The minimum atomic E-state index is -4.78. The number of rotatable bonds is 4. The van der Waals surface area contributed by atoms with Crippen LogP contribution < -0.4 is 10.1 Å². The number of halogens is 3. The van der Waals surface area contributed by atoms with Crippen molar-refractivity contribution < 1.29 is 31.1 Å². The quantitative estimate of drug-likeness (QED) is 0.853. The minimum Gasteiger partial charge on any atom is -0.406 e. The van der Waals surface area contributed by atoms with Gasteiger partial charge in [-0.2, -0.15) is 4.31 Å². The highest BCUT2D eigenvalue weighted by Gasteiger charge is 2.45. The molecule has 2 aliphatic rings. The second-order valence-electron chi connectivity index (χ2n) is 6.69. The summed E-state index contributed by atoms with van der Waals surface area (Å²) in [5, 5.41) is 2.85. The Morgan fingerprint density at radius 2 is 1.69 bits per heavy atom. The zero-order valence-electron chi connectivity index (χ0n) is 14.0. The summed E-state index contributed by atoms with van der Waals surface area (Å²) in [6, 6.07) is 4.29. The van der Waals surface area contributed by atoms with Crippen LogP contribution in [-0.4, -0.2) is 49.4 Å². The van der Waals surface area contributed by atoms with Crippen molar-refractivity contribution in [2.75, 3.05) is 6.26 Å². The smallest absolute Gasteiger partial charge is 0.406 e. The molecule has 3 rings (SSSR count). The first-order valence-electron chi connectivity index (χ1n) is 8.18. The van der Waals surface area contributed by atoms with E-state index >= 15 is 0 Å². The minimum absolute atomic E-state index is 0.114. The Morgan fingerprint density at radius 3 is 2.15 bits per heavy atom. The Balaban J connectivity index is 1.61. The van der Waals surface area contributed by atoms with Crippen LogP contribution >= 0.6 is 0 Å². The number of ether oxygens (including phenoxy) is 1. The van der Waals surface area contributed by atoms with Gasteiger partial charge in [-0.05, 0) is 49.9 Å². The van der Waals surface area contributed by atoms with Crippen molar-refractivity contribution in [3.63, 3.8) is 0 Å². The Morgan fingerprint density at radius 1 is 1.15 bits per heavy atom. The molecule has 1 amide bonds. The van der Waals surface area contributed by atoms with Crippen molar-refractivity contribution in [3.05, 3.63) is 29.8 Å². The van der Waals surface area contributed by atoms with E-state index in [1.807, 2.05) is 0 Å². The van der Waals surface area contributed by atoms with E-state index in [-0.39, 0.29) is 23.7 Å². The summed E-state index contributed by atoms with van der Waals surface area (Å²) in [6.45, 7) is 0. The van der Waals surface area contributed by atoms with Crippen LogP contribution in [0.25, 0.3) is 0 Å². The van der Waals surface area contributed by atoms with Crippen LogP contribution in [0.2, 0.25) is 0 Å². The van der Waals surface area contributed by atoms with Crippen LogP contribution in [0, 0.1) is 0 Å². The van der Waals surface area contributed by atoms with Gasteiger partial charge in [0.25, 0.3) is 5.91 Å². The summed E-state index contributed by atoms with van der Waals surface area (Å²) < 4.78 is 65.5. The maximum atomic E-state index is 12.3. The molecule has 2 aliphatic heterocycles. The van der Waals surface area contributed by atoms with Crippen molar-refractivity contribution in [1.29, 1.82) is 0 Å². The monoisotopic (exact) mass is 392 g/mol. The van der Waals surface area contributed by atoms with Gasteiger partial charge in [0.15, 0.2) is 0 Å². The van der Waals surface area contributed by atoms with Crippen LogP contribution in [0.15, 0.2) is 24.3 Å². The van der Waals surface area contributed by atoms with E-state index in [0.717, 1.165) is 25.0 Å². The molecule has 26 heavy (non-hydrogen) atoms. The summed E-state index contributed by atoms with van der Waals surface area (Å²) >= 11 is 0. The topological polar surface area (TPSA) is 75.7 Å². The number of nitrogens with one attached hydrogen (secondary N) is 1. The van der Waals surface area contributed by atoms with E-state index in [9.17, 15) is 26.4 Å². The zero-order chi connectivity index (χ0) is 19.1. The van der Waals surface area contributed by atoms with Gasteiger partial charge in [0.2, 0.25) is 10.0 Å². The molecule has 2 heterocycles. The molecule has 2 atom stereocenters. The van der Waals surface area contributed by atoms with Crippen molar-refractivity contribution in [1.82, 2.24) is 9.62 Å². The maximum absolute atomic E-state index is 12.3. The molecule has 1 N–H and O–H groups in total. The fraction of sp³-hybridized carbons (Fsp3) is 0.562. The van der Waals surface area contributed by atoms with E-state index < -0.39 is 28.0 Å². The van der Waals surface area contributed by atoms with Gasteiger partial charge in [-0.1, -0.05) is 0 Å². The zero-order valence-corrected chi connectivity index (χ0v) is 14.8. The van der Waals surface area contributed by atoms with E-state index in [1.54, 1.807) is 4.31 Å². The lowest BCUT2D eigenvalue weighted by Crippen LogP contribution is -2.52. The summed E-state index contributed by atoms with van der Waals surface area (Å²) in [5.74, 6) is -0.797. The predicted molar refractivity (Wildman–Crippen MR) is 87.1 cm³/mol. The molecule has 1 aromatic carbocycles. The fourth-order valence-electron chi connectivity index (χ4n) is 3.87. The summed E-state index contributed by atoms with van der Waals surface area (Å²) in [6.07, 6.45) is -0.977. The van der Waals surface area contributed by atoms with Crippen LogP contribution in [-0.2, 0) is 10.0 Å². The van der Waals surface area contributed by atoms with Crippen LogP contribution in [0.5, 0.6) is 5.75 Å². The average molecular weight is 392 g/mol. The number of carbonyl (C=O) groups is 1. The van der Waals surface area contributed by atoms with Crippen molar-refractivity contribution in [3.8, 4) is 5.75 Å². The first-order valence-corrected chi connectivity index (χ1v) is 10.0. The fourth-order valence-corrected chi connectivity index (χ4v) is 5.34. The lowest BCUT2D eigenvalue weighted by atomic mass is 9.99. The Kier molecular flexibility index (Phi) is 4.91. The number of carbonyl (C=O) groups excluding carboxylic acids is 1. The van der Waals surface area contributed by atoms with E-state index in [4.69, 9.17) is 0 Å². The largest absolute Gasteiger partial charge is 0.573 e. The van der Waals surface area contributed by atoms with Gasteiger partial charge in [-0.3, -0.25) is 4.79 Å². The van der Waals surface area contributed by atoms with Crippen LogP contribution in [0.4, 0.5) is 13.2 Å². The number of fused-ring (bicyclic) bond motifs is 2. The number of hydrogen-bond acceptors (Lipinski definition) is 4. The van der Waals surface area contributed by atoms with Crippen molar-refractivity contribution in [2.45, 2.75) is 50.2 Å². The highest BCUT2D eigenvalue weighted by atomic mass is 32.2. The van der Waals surface area contributed by atoms with Crippen molar-refractivity contribution in [2.24, 2.45) is 0 Å². The van der Waals surface area contributed by atoms with Gasteiger partial charge in [0, 0.05) is 23.7 Å². The lowest BCUT2D eigenvalue weighted by Gasteiger charge is -2.37. The number of amides is 1. The Bertz CT molecular complexity index is 766. The van der Waals surface area contributed by atoms with E-state index in [0.29, 0.717) is 12.8 Å². The molecule has 2 saturated heterocycles. The second kappa shape index (κ2) is 6.73. The third-order valence-electron chi connectivity index (χ3n) is 4.73. The number of benzene rings is 1. The molecule has 6 nitrogen and oxygen atoms in total. The summed E-state index contributed by atoms with van der Waals surface area (Å²) in [7, 11) is -3.27. The average Bonchev–Trinajstić information content (AvgIpc) is 2.79. The Hall–Kier alpha value is -1.81. The molecule has 0 radical (unpaired) electrons. The first-order chi connectivity index (χ1) is 12.0. The van der Waals surface area contributed by atoms with E-state index in [2.05, 4.69) is 10.1 Å². The molecule has 1 aromatic rings. The van der Waals surface area contributed by atoms with E-state index in [1.165, 1.54) is 18.4 Å². The maximum Gasteiger partial charge on any atom is 0.573 e. The SMILES string of the molecule is CS(=O)(=O)N1C2CCC1CC(NC(=O)c1ccc(OC(F)(F)F)cc1)C2. The number of hydrogen-bond donors (Lipinski definition) is 1. The van der Waals surface area contributed by atoms with Gasteiger partial charge in [-0.15, -0.1) is 13.2 Å². The van der Waals surface area contributed by atoms with Gasteiger partial charge in [0.1, 0.15) is 5.75 Å². The highest BCUT2D eigenvalue weighted by molar-refractivity contribution is 7.88. The molecule has 2 fully saturated rings. The first kappa shape index (κ1) is 19.0. The number of sulfonamides is 1. The molecule has 144 valence electrons. The van der Waals surface area contributed by atoms with Gasteiger partial charge in [-0.25, -0.2) is 8.42 Å². The summed E-state index contributed by atoms with van der Waals surface area (Å²) in [4.78, 5) is 12.3. The third kappa shape index (κ3) is 4.29. The molecule has 2 unspecified atom stereocenters. The highest BCUT2D eigenvalue weighted by Crippen LogP contribution is 2.37. The molecular formula is C16H19F3N2O4S. The predicted octanol–water partition coefficient (Wildman–Crippen LogP) is 2.27. The number of piperidine rings is 1. The van der Waals surface area contributed by atoms with Crippen LogP contribution in [0.3, 0.4) is 0 Å². The normalized spacial score (nSPS) is 26.5. The molecule has 0 spiro atoms. The number of alkyl halides is 3. The molecule has 2 bridgehead atoms. The van der Waals surface area contributed by atoms with Gasteiger partial charge >= 0.3 is 6.36 Å². The second-order valence-corrected chi connectivity index (χ2v) is 8.58. The lowest BCUT2D eigenvalue weighted by molar-refractivity contribution is -0.274. The molecule has 0 saturated carbocycles. The van der Waals surface area contributed by atoms with Crippen LogP contribution in [0.1, 0.15) is 36.0 Å². The summed E-state index contributed by atoms with van der Waals surface area (Å²) in [5.41, 5.74) is 0.220. The van der Waals surface area contributed by atoms with Crippen molar-refractivity contribution >= 4 is 15.9 Å². The molecule has 0 aliphatic carbocycles. The third-order valence-corrected chi connectivity index (χ3v) is 6.10. The van der Waals surface area contributed by atoms with Gasteiger partial charge in [0.05, 0.1) is 6.26 Å². The van der Waals surface area contributed by atoms with Gasteiger partial charge < -0.3 is 10.1 Å². The molecular weight excluding hydrogens is 373 g/mol.